The van der Waals surface area contributed by atoms with Gasteiger partial charge in [0.1, 0.15) is 0 Å². The van der Waals surface area contributed by atoms with Gasteiger partial charge in [-0.25, -0.2) is 0 Å². The zero-order valence-electron chi connectivity index (χ0n) is 2.22. The number of hydrogen-bond acceptors (Lipinski definition) is 3. The van der Waals surface area contributed by atoms with Gasteiger partial charge in [-0.1, -0.05) is 0 Å². The van der Waals surface area contributed by atoms with Crippen LogP contribution in [0.4, 0.5) is 0 Å². The first kappa shape index (κ1) is 9.50. The van der Waals surface area contributed by atoms with Crippen LogP contribution in [-0.2, 0) is 3.74 Å². The quantitative estimate of drug-likeness (QED) is 0.432. The first-order valence-electron chi connectivity index (χ1n) is 0.612. The second-order valence-electron chi connectivity index (χ2n) is 0.250. The van der Waals surface area contributed by atoms with Crippen LogP contribution in [0.25, 0.3) is 0 Å². The zero-order chi connectivity index (χ0) is 3.58. The molecule has 0 amide bonds. The molecule has 0 atom stereocenters. The van der Waals surface area contributed by atoms with Crippen molar-refractivity contribution in [3.05, 3.63) is 0 Å². The molecule has 0 heterocycles. The third-order valence-corrected chi connectivity index (χ3v) is 0. The van der Waals surface area contributed by atoms with E-state index in [-0.39, 0.29) is 27.3 Å². The molecular formula is HAsO3Pb. The van der Waals surface area contributed by atoms with Gasteiger partial charge in [0.25, 0.3) is 0 Å². The van der Waals surface area contributed by atoms with Crippen LogP contribution >= 0.6 is 0 Å². The van der Waals surface area contributed by atoms with Crippen molar-refractivity contribution < 1.29 is 11.9 Å². The molecule has 0 aliphatic carbocycles. The minimum atomic E-state index is -4.08. The summed E-state index contributed by atoms with van der Waals surface area (Å²) in [6.45, 7) is 0. The molecule has 0 saturated carbocycles. The summed E-state index contributed by atoms with van der Waals surface area (Å²) >= 11 is -4.08. The first-order chi connectivity index (χ1) is 1.73. The summed E-state index contributed by atoms with van der Waals surface area (Å²) in [6, 6.07) is 0. The Labute approximate surface area is 54.4 Å². The molecule has 3 nitrogen and oxygen atoms in total. The number of rotatable bonds is 0. The maximum absolute atomic E-state index is 8.58. The molecule has 0 fully saturated rings. The van der Waals surface area contributed by atoms with Crippen molar-refractivity contribution in [3.63, 3.8) is 0 Å². The van der Waals surface area contributed by atoms with Gasteiger partial charge in [-0.15, -0.1) is 0 Å². The third kappa shape index (κ3) is 37.0. The minimum absolute atomic E-state index is 0. The fraction of sp³-hybridized carbons (Fsp3) is 0. The maximum atomic E-state index is 8.58. The summed E-state index contributed by atoms with van der Waals surface area (Å²) in [6.07, 6.45) is 0. The van der Waals surface area contributed by atoms with Crippen molar-refractivity contribution in [2.45, 2.75) is 0 Å². The standard InChI is InChI=1S/AsH3O3.Pb/c2-1(3)4;/h1H,(H2,2,3,4);/q;+2/p-2. The third-order valence-electron chi connectivity index (χ3n) is 0. The van der Waals surface area contributed by atoms with E-state index < -0.39 is 15.3 Å². The smallest absolute Gasteiger partial charge is 2.00 e. The minimum Gasteiger partial charge on any atom is 2.00 e. The summed E-state index contributed by atoms with van der Waals surface area (Å²) < 4.78 is 25.8. The Kier molecular flexibility index (Phi) is 9.89. The van der Waals surface area contributed by atoms with Gasteiger partial charge in [0.15, 0.2) is 0 Å². The van der Waals surface area contributed by atoms with Gasteiger partial charge in [0.05, 0.1) is 0 Å². The van der Waals surface area contributed by atoms with Crippen LogP contribution in [0.3, 0.4) is 0 Å². The zero-order valence-corrected chi connectivity index (χ0v) is 8.21. The molecule has 0 N–H and O–H groups in total. The van der Waals surface area contributed by atoms with Crippen molar-refractivity contribution in [2.75, 3.05) is 0 Å². The van der Waals surface area contributed by atoms with E-state index in [2.05, 4.69) is 0 Å². The second-order valence-corrected chi connectivity index (χ2v) is 1.30. The van der Waals surface area contributed by atoms with Crippen molar-refractivity contribution in [1.82, 2.24) is 0 Å². The Morgan fingerprint density at radius 3 is 1.40 bits per heavy atom. The fourth-order valence-corrected chi connectivity index (χ4v) is 0. The molecule has 28 valence electrons. The van der Waals surface area contributed by atoms with E-state index in [1.54, 1.807) is 0 Å². The SMILES string of the molecule is O=[AsH]([O-])[O-].[Pb+2]. The molecule has 5 heavy (non-hydrogen) atoms. The van der Waals surface area contributed by atoms with E-state index in [1.165, 1.54) is 0 Å². The largest absolute Gasteiger partial charge is 2.00 e. The molecule has 0 saturated heterocycles. The molecule has 5 heteroatoms. The van der Waals surface area contributed by atoms with Gasteiger partial charge in [0, 0.05) is 0 Å². The summed E-state index contributed by atoms with van der Waals surface area (Å²) in [7, 11) is 0. The van der Waals surface area contributed by atoms with Gasteiger partial charge in [-0.2, -0.15) is 0 Å². The average molecular weight is 331 g/mol. The Balaban J connectivity index is 0. The van der Waals surface area contributed by atoms with Crippen LogP contribution in [0.15, 0.2) is 0 Å². The normalized spacial score (nSPS) is 7.00. The van der Waals surface area contributed by atoms with Gasteiger partial charge < -0.3 is 0 Å². The van der Waals surface area contributed by atoms with Crippen LogP contribution in [0, 0.1) is 0 Å². The predicted molar refractivity (Wildman–Crippen MR) is 13.6 cm³/mol. The predicted octanol–water partition coefficient (Wildman–Crippen LogP) is -3.53. The van der Waals surface area contributed by atoms with E-state index in [9.17, 15) is 0 Å². The molecule has 0 aliphatic rings. The first-order valence-corrected chi connectivity index (χ1v) is 3.18. The summed E-state index contributed by atoms with van der Waals surface area (Å²) in [5.41, 5.74) is 0. The van der Waals surface area contributed by atoms with Crippen molar-refractivity contribution in [1.29, 1.82) is 0 Å². The molecule has 0 spiro atoms. The van der Waals surface area contributed by atoms with Gasteiger partial charge in [0.2, 0.25) is 0 Å². The molecule has 0 aromatic rings. The second kappa shape index (κ2) is 5.20. The fourth-order valence-electron chi connectivity index (χ4n) is 0. The molecule has 0 bridgehead atoms. The Morgan fingerprint density at radius 2 is 1.40 bits per heavy atom. The Morgan fingerprint density at radius 1 is 1.40 bits per heavy atom. The average Bonchev–Trinajstić information content (AvgIpc) is 0.811. The summed E-state index contributed by atoms with van der Waals surface area (Å²) in [5, 5.41) is 0. The van der Waals surface area contributed by atoms with Crippen molar-refractivity contribution >= 4 is 42.6 Å². The molecule has 2 radical (unpaired) electrons. The monoisotopic (exact) mass is 332 g/mol. The van der Waals surface area contributed by atoms with Crippen LogP contribution in [0.1, 0.15) is 0 Å². The van der Waals surface area contributed by atoms with Crippen LogP contribution < -0.4 is 8.19 Å². The molecule has 0 rings (SSSR count). The summed E-state index contributed by atoms with van der Waals surface area (Å²) in [4.78, 5) is 0. The van der Waals surface area contributed by atoms with E-state index in [4.69, 9.17) is 11.9 Å². The molecular weight excluding hydrogens is 330 g/mol. The van der Waals surface area contributed by atoms with E-state index in [0.717, 1.165) is 0 Å². The van der Waals surface area contributed by atoms with E-state index in [0.29, 0.717) is 0 Å². The van der Waals surface area contributed by atoms with Crippen molar-refractivity contribution in [3.8, 4) is 0 Å². The van der Waals surface area contributed by atoms with Gasteiger partial charge >= 0.3 is 54.5 Å². The van der Waals surface area contributed by atoms with Crippen molar-refractivity contribution in [2.24, 2.45) is 0 Å². The molecule has 0 unspecified atom stereocenters. The van der Waals surface area contributed by atoms with E-state index >= 15 is 0 Å². The van der Waals surface area contributed by atoms with Gasteiger partial charge in [-0.3, -0.25) is 0 Å². The summed E-state index contributed by atoms with van der Waals surface area (Å²) in [5.74, 6) is 0. The van der Waals surface area contributed by atoms with Gasteiger partial charge in [-0.05, 0) is 0 Å². The van der Waals surface area contributed by atoms with Crippen LogP contribution in [0.2, 0.25) is 0 Å². The Hall–Kier alpha value is 1.20. The molecule has 0 aromatic carbocycles. The van der Waals surface area contributed by atoms with E-state index in [1.807, 2.05) is 0 Å². The molecule has 0 aliphatic heterocycles. The van der Waals surface area contributed by atoms with Crippen LogP contribution in [0.5, 0.6) is 0 Å². The number of hydrogen-bond donors (Lipinski definition) is 0. The molecule has 0 aromatic heterocycles. The van der Waals surface area contributed by atoms with Crippen LogP contribution in [-0.4, -0.2) is 42.6 Å². The Bertz CT molecular complexity index is 29.9. The maximum Gasteiger partial charge on any atom is 2.00 e. The topological polar surface area (TPSA) is 63.2 Å².